The Balaban J connectivity index is 4.76. The first-order chi connectivity index (χ1) is 29.0. The number of ether oxygens (including phenoxy) is 2. The molecule has 0 aromatic carbocycles. The monoisotopic (exact) mass is 906 g/mol. The normalized spacial score (nSPS) is 15.8. The lowest BCUT2D eigenvalue weighted by Gasteiger charge is -2.20. The summed E-state index contributed by atoms with van der Waals surface area (Å²) in [6.07, 6.45) is 32.7. The number of unbranched alkanes of at least 4 members (excludes halogenated alkanes) is 10. The molecule has 1 unspecified atom stereocenters. The Morgan fingerprint density at radius 2 is 1.18 bits per heavy atom. The number of phosphoric ester groups is 2. The van der Waals surface area contributed by atoms with Gasteiger partial charge in [0.1, 0.15) is 12.7 Å². The van der Waals surface area contributed by atoms with E-state index in [-0.39, 0.29) is 12.8 Å². The fraction of sp³-hybridized carbons (Fsp3) is 0.682. The van der Waals surface area contributed by atoms with Crippen molar-refractivity contribution in [2.75, 3.05) is 26.4 Å². The number of allylic oxidation sites excluding steroid dienone is 8. The lowest BCUT2D eigenvalue weighted by Crippen LogP contribution is -2.30. The predicted octanol–water partition coefficient (Wildman–Crippen LogP) is 8.80. The smallest absolute Gasteiger partial charge is 0.462 e. The van der Waals surface area contributed by atoms with E-state index in [2.05, 4.69) is 22.9 Å². The first kappa shape index (κ1) is 58.5. The van der Waals surface area contributed by atoms with Gasteiger partial charge in [0, 0.05) is 12.8 Å². The lowest BCUT2D eigenvalue weighted by molar-refractivity contribution is -0.161. The standard InChI is InChI=1S/C44H76O15P2/c1-4-5-20-28-39(45)29-22-16-12-10-13-17-23-30-40(46)31-24-19-26-32-43(48)55-36-42(37-58-61(53,54)57-35-41(47)34-56-60(50,51)52)59-44(49)33-25-18-14-9-7-6-8-11-15-21-27-38(2)3/h5,12-13,16-17,20,22-24,29-31,38-42,45-47H,4,6-11,14-15,18-19,21,25-28,32-37H2,1-3H3,(H,53,54)(H2,50,51,52)/b16-12-,17-13-,20-5-,29-22+,30-23+,31-24-/t39-,40-,41+,42-/m1/s1. The largest absolute Gasteiger partial charge is 0.472 e. The van der Waals surface area contributed by atoms with Crippen LogP contribution in [0.2, 0.25) is 0 Å². The summed E-state index contributed by atoms with van der Waals surface area (Å²) in [4.78, 5) is 52.7. The average molecular weight is 907 g/mol. The van der Waals surface area contributed by atoms with E-state index in [1.165, 1.54) is 38.5 Å². The van der Waals surface area contributed by atoms with Crippen LogP contribution in [0.5, 0.6) is 0 Å². The number of rotatable bonds is 39. The molecule has 0 radical (unpaired) electrons. The molecule has 15 nitrogen and oxygen atoms in total. The summed E-state index contributed by atoms with van der Waals surface area (Å²) in [7, 11) is -9.74. The Labute approximate surface area is 364 Å². The molecule has 0 aliphatic rings. The van der Waals surface area contributed by atoms with E-state index in [0.29, 0.717) is 32.1 Å². The molecule has 0 rings (SSSR count). The van der Waals surface area contributed by atoms with Gasteiger partial charge in [-0.2, -0.15) is 0 Å². The Hall–Kier alpha value is -2.52. The van der Waals surface area contributed by atoms with Crippen molar-refractivity contribution in [3.05, 3.63) is 72.9 Å². The molecule has 0 aromatic rings. The average Bonchev–Trinajstić information content (AvgIpc) is 3.19. The van der Waals surface area contributed by atoms with E-state index in [1.807, 2.05) is 43.4 Å². The summed E-state index contributed by atoms with van der Waals surface area (Å²) in [6, 6.07) is 0. The van der Waals surface area contributed by atoms with Crippen molar-refractivity contribution in [1.82, 2.24) is 0 Å². The van der Waals surface area contributed by atoms with Crippen molar-refractivity contribution in [2.45, 2.75) is 161 Å². The highest BCUT2D eigenvalue weighted by atomic mass is 31.2. The first-order valence-electron chi connectivity index (χ1n) is 21.7. The van der Waals surface area contributed by atoms with Crippen LogP contribution in [0.4, 0.5) is 0 Å². The van der Waals surface area contributed by atoms with Gasteiger partial charge in [-0.1, -0.05) is 158 Å². The number of aliphatic hydroxyl groups is 3. The summed E-state index contributed by atoms with van der Waals surface area (Å²) < 4.78 is 47.6. The minimum atomic E-state index is -4.89. The molecule has 0 aliphatic heterocycles. The second-order valence-electron chi connectivity index (χ2n) is 15.1. The van der Waals surface area contributed by atoms with E-state index in [0.717, 1.165) is 38.0 Å². The van der Waals surface area contributed by atoms with Crippen LogP contribution >= 0.6 is 15.6 Å². The van der Waals surface area contributed by atoms with Crippen LogP contribution in [0.3, 0.4) is 0 Å². The fourth-order valence-corrected chi connectivity index (χ4v) is 6.55. The Morgan fingerprint density at radius 1 is 0.607 bits per heavy atom. The number of aliphatic hydroxyl groups excluding tert-OH is 3. The molecule has 0 amide bonds. The third-order valence-corrected chi connectivity index (χ3v) is 10.1. The molecule has 5 atom stereocenters. The van der Waals surface area contributed by atoms with E-state index < -0.39 is 78.4 Å². The highest BCUT2D eigenvalue weighted by Gasteiger charge is 2.28. The van der Waals surface area contributed by atoms with Gasteiger partial charge >= 0.3 is 27.6 Å². The lowest BCUT2D eigenvalue weighted by atomic mass is 10.0. The molecule has 0 bridgehead atoms. The summed E-state index contributed by atoms with van der Waals surface area (Å²) in [6.45, 7) is 3.62. The summed E-state index contributed by atoms with van der Waals surface area (Å²) in [5, 5.41) is 29.7. The molecule has 352 valence electrons. The maximum Gasteiger partial charge on any atom is 0.472 e. The second kappa shape index (κ2) is 38.0. The van der Waals surface area contributed by atoms with Crippen LogP contribution in [0.1, 0.15) is 136 Å². The van der Waals surface area contributed by atoms with Crippen LogP contribution in [-0.2, 0) is 41.8 Å². The zero-order valence-electron chi connectivity index (χ0n) is 36.6. The second-order valence-corrected chi connectivity index (χ2v) is 17.8. The van der Waals surface area contributed by atoms with Crippen molar-refractivity contribution >= 4 is 27.6 Å². The van der Waals surface area contributed by atoms with Gasteiger partial charge in [0.25, 0.3) is 0 Å². The van der Waals surface area contributed by atoms with Gasteiger partial charge in [0.15, 0.2) is 6.10 Å². The van der Waals surface area contributed by atoms with Crippen LogP contribution in [0.25, 0.3) is 0 Å². The summed E-state index contributed by atoms with van der Waals surface area (Å²) in [5.41, 5.74) is 0. The molecule has 0 fully saturated rings. The number of esters is 2. The van der Waals surface area contributed by atoms with Crippen molar-refractivity contribution in [3.63, 3.8) is 0 Å². The van der Waals surface area contributed by atoms with E-state index in [1.54, 1.807) is 36.5 Å². The Bertz CT molecular complexity index is 1400. The van der Waals surface area contributed by atoms with E-state index in [4.69, 9.17) is 23.8 Å². The zero-order valence-corrected chi connectivity index (χ0v) is 38.4. The molecular weight excluding hydrogens is 830 g/mol. The van der Waals surface area contributed by atoms with Crippen molar-refractivity contribution < 1.29 is 71.8 Å². The minimum Gasteiger partial charge on any atom is -0.462 e. The molecule has 0 aliphatic carbocycles. The van der Waals surface area contributed by atoms with Gasteiger partial charge in [0.2, 0.25) is 0 Å². The zero-order chi connectivity index (χ0) is 45.6. The number of hydrogen-bond acceptors (Lipinski definition) is 12. The molecule has 6 N–H and O–H groups in total. The Morgan fingerprint density at radius 3 is 1.80 bits per heavy atom. The quantitative estimate of drug-likeness (QED) is 0.0111. The topological polar surface area (TPSA) is 236 Å². The molecular formula is C44H76O15P2. The molecule has 0 aromatic heterocycles. The van der Waals surface area contributed by atoms with E-state index in [9.17, 15) is 38.9 Å². The highest BCUT2D eigenvalue weighted by molar-refractivity contribution is 7.47. The van der Waals surface area contributed by atoms with Crippen molar-refractivity contribution in [1.29, 1.82) is 0 Å². The highest BCUT2D eigenvalue weighted by Crippen LogP contribution is 2.43. The molecule has 0 saturated heterocycles. The van der Waals surface area contributed by atoms with E-state index >= 15 is 0 Å². The first-order valence-corrected chi connectivity index (χ1v) is 24.7. The predicted molar refractivity (Wildman–Crippen MR) is 237 cm³/mol. The Kier molecular flexibility index (Phi) is 36.4. The SMILES string of the molecule is CC/C=C\C[C@@H](O)/C=C/C=C\C/C=C\C=C\[C@@H](O)/C=C\CCCC(=O)OC[C@H](COP(=O)(O)OC[C@@H](O)COP(=O)(O)O)OC(=O)CCCCCCCCCCCCC(C)C. The maximum atomic E-state index is 12.6. The van der Waals surface area contributed by atoms with Gasteiger partial charge in [-0.25, -0.2) is 9.13 Å². The van der Waals surface area contributed by atoms with Gasteiger partial charge in [-0.15, -0.1) is 0 Å². The molecule has 0 spiro atoms. The molecule has 17 heteroatoms. The van der Waals surface area contributed by atoms with Crippen LogP contribution in [-0.4, -0.2) is 92.8 Å². The molecule has 0 saturated carbocycles. The minimum absolute atomic E-state index is 0.00637. The molecule has 0 heterocycles. The van der Waals surface area contributed by atoms with Crippen LogP contribution in [0.15, 0.2) is 72.9 Å². The third-order valence-electron chi connectivity index (χ3n) is 8.70. The van der Waals surface area contributed by atoms with Gasteiger partial charge in [0.05, 0.1) is 32.0 Å². The van der Waals surface area contributed by atoms with Crippen LogP contribution < -0.4 is 0 Å². The summed E-state index contributed by atoms with van der Waals surface area (Å²) in [5.74, 6) is -0.467. The number of phosphoric acid groups is 2. The number of carbonyl (C=O) groups is 2. The van der Waals surface area contributed by atoms with Gasteiger partial charge < -0.3 is 39.5 Å². The summed E-state index contributed by atoms with van der Waals surface area (Å²) >= 11 is 0. The third kappa shape index (κ3) is 42.6. The van der Waals surface area contributed by atoms with Crippen molar-refractivity contribution in [3.8, 4) is 0 Å². The van der Waals surface area contributed by atoms with Crippen molar-refractivity contribution in [2.24, 2.45) is 5.92 Å². The van der Waals surface area contributed by atoms with Crippen LogP contribution in [0, 0.1) is 5.92 Å². The number of carbonyl (C=O) groups excluding carboxylic acids is 2. The molecule has 61 heavy (non-hydrogen) atoms. The fourth-order valence-electron chi connectivity index (χ4n) is 5.39. The maximum absolute atomic E-state index is 12.6. The number of hydrogen-bond donors (Lipinski definition) is 6. The van der Waals surface area contributed by atoms with Gasteiger partial charge in [-0.3, -0.25) is 23.2 Å². The van der Waals surface area contributed by atoms with Gasteiger partial charge in [-0.05, 0) is 44.4 Å².